The highest BCUT2D eigenvalue weighted by molar-refractivity contribution is 7.98. The maximum Gasteiger partial charge on any atom is 0.0557 e. The van der Waals surface area contributed by atoms with Gasteiger partial charge in [-0.3, -0.25) is 0 Å². The molecule has 0 saturated carbocycles. The van der Waals surface area contributed by atoms with Crippen LogP contribution in [-0.4, -0.2) is 10.6 Å². The molecule has 0 spiro atoms. The predicted molar refractivity (Wildman–Crippen MR) is 81.2 cm³/mol. The Morgan fingerprint density at radius 2 is 1.94 bits per heavy atom. The Bertz CT molecular complexity index is 687. The van der Waals surface area contributed by atoms with E-state index >= 15 is 0 Å². The number of hydrogen-bond acceptors (Lipinski definition) is 4. The van der Waals surface area contributed by atoms with Crippen LogP contribution in [0.5, 0.6) is 0 Å². The predicted octanol–water partition coefficient (Wildman–Crippen LogP) is 4.27. The summed E-state index contributed by atoms with van der Waals surface area (Å²) in [6.45, 7) is 0. The third kappa shape index (κ3) is 1.98. The van der Waals surface area contributed by atoms with Gasteiger partial charge in [0.2, 0.25) is 0 Å². The van der Waals surface area contributed by atoms with E-state index in [1.54, 1.807) is 11.8 Å². The molecule has 4 heteroatoms. The fourth-order valence-electron chi connectivity index (χ4n) is 1.95. The lowest BCUT2D eigenvalue weighted by molar-refractivity contribution is 1.46. The van der Waals surface area contributed by atoms with Crippen LogP contribution in [0.1, 0.15) is 0 Å². The Morgan fingerprint density at radius 1 is 1.17 bits per heavy atom. The van der Waals surface area contributed by atoms with Gasteiger partial charge in [0.1, 0.15) is 0 Å². The van der Waals surface area contributed by atoms with Crippen LogP contribution in [0.2, 0.25) is 0 Å². The van der Waals surface area contributed by atoms with Crippen LogP contribution in [0.25, 0.3) is 21.2 Å². The summed E-state index contributed by atoms with van der Waals surface area (Å²) < 4.78 is 5.36. The van der Waals surface area contributed by atoms with Crippen molar-refractivity contribution in [2.75, 3.05) is 12.0 Å². The van der Waals surface area contributed by atoms with Gasteiger partial charge in [-0.15, -0.1) is 11.8 Å². The first-order chi connectivity index (χ1) is 8.78. The van der Waals surface area contributed by atoms with Crippen LogP contribution in [0, 0.1) is 0 Å². The number of hydrogen-bond donors (Lipinski definition) is 1. The number of anilines is 1. The minimum atomic E-state index is 0.805. The number of thioether (sulfide) groups is 1. The van der Waals surface area contributed by atoms with E-state index in [2.05, 4.69) is 41.0 Å². The molecule has 18 heavy (non-hydrogen) atoms. The topological polar surface area (TPSA) is 38.9 Å². The average Bonchev–Trinajstić information content (AvgIpc) is 2.85. The van der Waals surface area contributed by atoms with E-state index in [1.807, 2.05) is 12.3 Å². The Balaban J connectivity index is 2.14. The molecule has 3 rings (SSSR count). The molecule has 90 valence electrons. The zero-order valence-corrected chi connectivity index (χ0v) is 11.5. The number of nitrogen functional groups attached to an aromatic ring is 1. The van der Waals surface area contributed by atoms with Gasteiger partial charge in [-0.2, -0.15) is 4.37 Å². The van der Waals surface area contributed by atoms with Gasteiger partial charge in [0, 0.05) is 27.7 Å². The van der Waals surface area contributed by atoms with E-state index in [9.17, 15) is 0 Å². The molecular formula is C14H12N2S2. The number of rotatable bonds is 2. The summed E-state index contributed by atoms with van der Waals surface area (Å²) in [6.07, 6.45) is 3.93. The smallest absolute Gasteiger partial charge is 0.0557 e. The van der Waals surface area contributed by atoms with E-state index in [1.165, 1.54) is 21.1 Å². The van der Waals surface area contributed by atoms with E-state index in [0.29, 0.717) is 0 Å². The van der Waals surface area contributed by atoms with Gasteiger partial charge in [0.15, 0.2) is 0 Å². The standard InChI is InChI=1S/C14H12N2S2/c1-17-11-4-2-9(3-5-11)12-7-14-10(6-13(12)15)8-16-18-14/h2-8H,15H2,1H3. The molecule has 0 bridgehead atoms. The Hall–Kier alpha value is -1.52. The van der Waals surface area contributed by atoms with Crippen molar-refractivity contribution in [3.63, 3.8) is 0 Å². The second kappa shape index (κ2) is 4.63. The highest BCUT2D eigenvalue weighted by Crippen LogP contribution is 2.32. The van der Waals surface area contributed by atoms with Gasteiger partial charge < -0.3 is 5.73 Å². The summed E-state index contributed by atoms with van der Waals surface area (Å²) >= 11 is 3.24. The maximum atomic E-state index is 6.12. The summed E-state index contributed by atoms with van der Waals surface area (Å²) in [4.78, 5) is 1.26. The van der Waals surface area contributed by atoms with Gasteiger partial charge in [-0.25, -0.2) is 0 Å². The molecule has 3 aromatic rings. The number of benzene rings is 2. The lowest BCUT2D eigenvalue weighted by Crippen LogP contribution is -1.89. The first-order valence-electron chi connectivity index (χ1n) is 5.56. The van der Waals surface area contributed by atoms with Gasteiger partial charge in [-0.1, -0.05) is 12.1 Å². The van der Waals surface area contributed by atoms with Crippen molar-refractivity contribution in [3.8, 4) is 11.1 Å². The van der Waals surface area contributed by atoms with Crippen molar-refractivity contribution >= 4 is 39.1 Å². The molecule has 0 atom stereocenters. The van der Waals surface area contributed by atoms with Crippen LogP contribution in [0.3, 0.4) is 0 Å². The van der Waals surface area contributed by atoms with E-state index in [4.69, 9.17) is 5.73 Å². The van der Waals surface area contributed by atoms with E-state index in [-0.39, 0.29) is 0 Å². The summed E-state index contributed by atoms with van der Waals surface area (Å²) in [5, 5.41) is 1.11. The SMILES string of the molecule is CSc1ccc(-c2cc3sncc3cc2N)cc1. The van der Waals surface area contributed by atoms with Crippen molar-refractivity contribution < 1.29 is 0 Å². The number of fused-ring (bicyclic) bond motifs is 1. The minimum absolute atomic E-state index is 0.805. The molecule has 0 fully saturated rings. The summed E-state index contributed by atoms with van der Waals surface area (Å²) in [5.74, 6) is 0. The van der Waals surface area contributed by atoms with Crippen LogP contribution in [0.15, 0.2) is 47.5 Å². The molecule has 1 heterocycles. The number of nitrogens with two attached hydrogens (primary N) is 1. The molecule has 0 radical (unpaired) electrons. The van der Waals surface area contributed by atoms with Gasteiger partial charge >= 0.3 is 0 Å². The molecule has 0 unspecified atom stereocenters. The van der Waals surface area contributed by atoms with Crippen molar-refractivity contribution in [1.29, 1.82) is 0 Å². The third-order valence-electron chi connectivity index (χ3n) is 2.93. The molecule has 0 aliphatic rings. The first kappa shape index (κ1) is 11.6. The fourth-order valence-corrected chi connectivity index (χ4v) is 3.03. The van der Waals surface area contributed by atoms with E-state index in [0.717, 1.165) is 22.2 Å². The first-order valence-corrected chi connectivity index (χ1v) is 7.56. The zero-order chi connectivity index (χ0) is 12.5. The molecule has 1 aromatic heterocycles. The summed E-state index contributed by atoms with van der Waals surface area (Å²) in [5.41, 5.74) is 9.16. The molecular weight excluding hydrogens is 260 g/mol. The highest BCUT2D eigenvalue weighted by atomic mass is 32.2. The van der Waals surface area contributed by atoms with Crippen LogP contribution in [-0.2, 0) is 0 Å². The zero-order valence-electron chi connectivity index (χ0n) is 9.88. The van der Waals surface area contributed by atoms with Crippen molar-refractivity contribution in [1.82, 2.24) is 4.37 Å². The minimum Gasteiger partial charge on any atom is -0.398 e. The average molecular weight is 272 g/mol. The lowest BCUT2D eigenvalue weighted by Gasteiger charge is -2.07. The summed E-state index contributed by atoms with van der Waals surface area (Å²) in [7, 11) is 0. The molecule has 0 amide bonds. The normalized spacial score (nSPS) is 10.9. The monoisotopic (exact) mass is 272 g/mol. The Morgan fingerprint density at radius 3 is 2.67 bits per heavy atom. The summed E-state index contributed by atoms with van der Waals surface area (Å²) in [6, 6.07) is 12.6. The Labute approximate surface area is 114 Å². The lowest BCUT2D eigenvalue weighted by atomic mass is 10.0. The van der Waals surface area contributed by atoms with Crippen molar-refractivity contribution in [3.05, 3.63) is 42.6 Å². The van der Waals surface area contributed by atoms with Gasteiger partial charge in [0.25, 0.3) is 0 Å². The third-order valence-corrected chi connectivity index (χ3v) is 4.43. The second-order valence-electron chi connectivity index (χ2n) is 4.03. The van der Waals surface area contributed by atoms with Crippen LogP contribution >= 0.6 is 23.3 Å². The molecule has 2 nitrogen and oxygen atoms in total. The van der Waals surface area contributed by atoms with E-state index < -0.39 is 0 Å². The molecule has 0 saturated heterocycles. The van der Waals surface area contributed by atoms with Gasteiger partial charge in [-0.05, 0) is 47.6 Å². The number of nitrogens with zero attached hydrogens (tertiary/aromatic N) is 1. The van der Waals surface area contributed by atoms with Crippen molar-refractivity contribution in [2.24, 2.45) is 0 Å². The molecule has 0 aliphatic carbocycles. The Kier molecular flexibility index (Phi) is 2.97. The molecule has 2 N–H and O–H groups in total. The molecule has 0 aliphatic heterocycles. The van der Waals surface area contributed by atoms with Crippen molar-refractivity contribution in [2.45, 2.75) is 4.90 Å². The highest BCUT2D eigenvalue weighted by Gasteiger charge is 2.06. The molecule has 2 aromatic carbocycles. The largest absolute Gasteiger partial charge is 0.398 e. The van der Waals surface area contributed by atoms with Gasteiger partial charge in [0.05, 0.1) is 4.70 Å². The quantitative estimate of drug-likeness (QED) is 0.559. The second-order valence-corrected chi connectivity index (χ2v) is 5.74. The number of aromatic nitrogens is 1. The maximum absolute atomic E-state index is 6.12. The fraction of sp³-hybridized carbons (Fsp3) is 0.0714. The van der Waals surface area contributed by atoms with Crippen LogP contribution in [0.4, 0.5) is 5.69 Å². The van der Waals surface area contributed by atoms with Crippen LogP contribution < -0.4 is 5.73 Å².